The molecule has 0 bridgehead atoms. The van der Waals surface area contributed by atoms with Gasteiger partial charge in [0.1, 0.15) is 5.75 Å². The van der Waals surface area contributed by atoms with Gasteiger partial charge in [0.2, 0.25) is 0 Å². The highest BCUT2D eigenvalue weighted by Crippen LogP contribution is 2.34. The zero-order valence-corrected chi connectivity index (χ0v) is 12.9. The topological polar surface area (TPSA) is 21.3 Å². The van der Waals surface area contributed by atoms with Crippen molar-refractivity contribution in [1.82, 2.24) is 5.32 Å². The van der Waals surface area contributed by atoms with Gasteiger partial charge in [-0.15, -0.1) is 0 Å². The molecule has 2 nitrogen and oxygen atoms in total. The van der Waals surface area contributed by atoms with Gasteiger partial charge in [-0.05, 0) is 17.7 Å². The molecule has 0 saturated heterocycles. The predicted octanol–water partition coefficient (Wildman–Crippen LogP) is 4.51. The second kappa shape index (κ2) is 6.78. The van der Waals surface area contributed by atoms with Crippen LogP contribution >= 0.6 is 11.6 Å². The molecular weight excluding hydrogens is 270 g/mol. The van der Waals surface area contributed by atoms with E-state index in [1.807, 2.05) is 36.4 Å². The number of benzene rings is 2. The molecule has 2 rings (SSSR count). The lowest BCUT2D eigenvalue weighted by atomic mass is 9.98. The Morgan fingerprint density at radius 2 is 1.75 bits per heavy atom. The van der Waals surface area contributed by atoms with Crippen molar-refractivity contribution in [1.29, 1.82) is 0 Å². The normalized spacial score (nSPS) is 10.8. The summed E-state index contributed by atoms with van der Waals surface area (Å²) in [7, 11) is 1.70. The van der Waals surface area contributed by atoms with Gasteiger partial charge < -0.3 is 10.1 Å². The van der Waals surface area contributed by atoms with E-state index in [1.54, 1.807) is 7.11 Å². The smallest absolute Gasteiger partial charge is 0.123 e. The number of rotatable bonds is 5. The summed E-state index contributed by atoms with van der Waals surface area (Å²) in [6, 6.07) is 14.4. The van der Waals surface area contributed by atoms with Gasteiger partial charge in [0, 0.05) is 28.7 Å². The highest BCUT2D eigenvalue weighted by atomic mass is 35.5. The Hall–Kier alpha value is -1.51. The van der Waals surface area contributed by atoms with Crippen LogP contribution in [0.15, 0.2) is 42.5 Å². The van der Waals surface area contributed by atoms with Crippen molar-refractivity contribution in [3.8, 4) is 16.9 Å². The van der Waals surface area contributed by atoms with E-state index in [-0.39, 0.29) is 0 Å². The van der Waals surface area contributed by atoms with Crippen molar-refractivity contribution < 1.29 is 4.74 Å². The quantitative estimate of drug-likeness (QED) is 0.874. The Morgan fingerprint density at radius 3 is 2.40 bits per heavy atom. The van der Waals surface area contributed by atoms with E-state index in [0.29, 0.717) is 6.04 Å². The van der Waals surface area contributed by atoms with E-state index in [1.165, 1.54) is 0 Å². The Labute approximate surface area is 125 Å². The first-order valence-electron chi connectivity index (χ1n) is 6.77. The lowest BCUT2D eigenvalue weighted by Gasteiger charge is -2.17. The van der Waals surface area contributed by atoms with Crippen LogP contribution in [-0.4, -0.2) is 13.2 Å². The minimum Gasteiger partial charge on any atom is -0.496 e. The van der Waals surface area contributed by atoms with Crippen molar-refractivity contribution in [2.45, 2.75) is 26.4 Å². The molecule has 0 radical (unpaired) electrons. The van der Waals surface area contributed by atoms with E-state index in [2.05, 4.69) is 25.2 Å². The average Bonchev–Trinajstić information content (AvgIpc) is 2.45. The summed E-state index contributed by atoms with van der Waals surface area (Å²) in [6.07, 6.45) is 0. The molecule has 0 amide bonds. The van der Waals surface area contributed by atoms with Crippen LogP contribution in [0.4, 0.5) is 0 Å². The van der Waals surface area contributed by atoms with Crippen LogP contribution in [-0.2, 0) is 6.54 Å². The van der Waals surface area contributed by atoms with Gasteiger partial charge in [-0.1, -0.05) is 55.8 Å². The lowest BCUT2D eigenvalue weighted by Crippen LogP contribution is -2.22. The maximum Gasteiger partial charge on any atom is 0.123 e. The Kier molecular flexibility index (Phi) is 5.05. The second-order valence-corrected chi connectivity index (χ2v) is 5.41. The third kappa shape index (κ3) is 3.33. The molecule has 1 N–H and O–H groups in total. The van der Waals surface area contributed by atoms with Crippen LogP contribution in [0.5, 0.6) is 5.75 Å². The number of methoxy groups -OCH3 is 1. The third-order valence-corrected chi connectivity index (χ3v) is 3.53. The summed E-state index contributed by atoms with van der Waals surface area (Å²) in [5.74, 6) is 0.885. The van der Waals surface area contributed by atoms with Gasteiger partial charge in [-0.25, -0.2) is 0 Å². The fourth-order valence-electron chi connectivity index (χ4n) is 2.18. The van der Waals surface area contributed by atoms with Crippen molar-refractivity contribution in [3.05, 3.63) is 53.1 Å². The highest BCUT2D eigenvalue weighted by molar-refractivity contribution is 6.33. The number of ether oxygens (including phenoxy) is 1. The Balaban J connectivity index is 2.49. The Bertz CT molecular complexity index is 581. The first-order chi connectivity index (χ1) is 9.63. The van der Waals surface area contributed by atoms with Crippen LogP contribution < -0.4 is 10.1 Å². The summed E-state index contributed by atoms with van der Waals surface area (Å²) in [5, 5.41) is 4.20. The van der Waals surface area contributed by atoms with Crippen LogP contribution in [0.1, 0.15) is 19.4 Å². The molecule has 0 aromatic heterocycles. The second-order valence-electron chi connectivity index (χ2n) is 5.00. The first-order valence-corrected chi connectivity index (χ1v) is 7.15. The van der Waals surface area contributed by atoms with E-state index >= 15 is 0 Å². The first kappa shape index (κ1) is 14.9. The SMILES string of the molecule is COc1cccc(-c2ccccc2Cl)c1CNC(C)C. The molecule has 0 aliphatic carbocycles. The summed E-state index contributed by atoms with van der Waals surface area (Å²) in [5.41, 5.74) is 3.29. The van der Waals surface area contributed by atoms with Gasteiger partial charge in [0.15, 0.2) is 0 Å². The molecule has 0 aliphatic rings. The monoisotopic (exact) mass is 289 g/mol. The van der Waals surface area contributed by atoms with Gasteiger partial charge >= 0.3 is 0 Å². The number of hydrogen-bond donors (Lipinski definition) is 1. The molecule has 0 fully saturated rings. The van der Waals surface area contributed by atoms with Crippen LogP contribution in [0.3, 0.4) is 0 Å². The van der Waals surface area contributed by atoms with Crippen molar-refractivity contribution in [2.24, 2.45) is 0 Å². The fourth-order valence-corrected chi connectivity index (χ4v) is 2.41. The molecule has 0 saturated carbocycles. The predicted molar refractivity (Wildman–Crippen MR) is 85.4 cm³/mol. The molecule has 0 aliphatic heterocycles. The highest BCUT2D eigenvalue weighted by Gasteiger charge is 2.13. The van der Waals surface area contributed by atoms with Crippen LogP contribution in [0.2, 0.25) is 5.02 Å². The van der Waals surface area contributed by atoms with Gasteiger partial charge in [-0.2, -0.15) is 0 Å². The molecule has 0 atom stereocenters. The van der Waals surface area contributed by atoms with Crippen LogP contribution in [0, 0.1) is 0 Å². The molecule has 2 aromatic rings. The van der Waals surface area contributed by atoms with E-state index in [9.17, 15) is 0 Å². The van der Waals surface area contributed by atoms with Crippen LogP contribution in [0.25, 0.3) is 11.1 Å². The maximum atomic E-state index is 6.33. The number of hydrogen-bond acceptors (Lipinski definition) is 2. The minimum atomic E-state index is 0.416. The number of halogens is 1. The van der Waals surface area contributed by atoms with Gasteiger partial charge in [0.25, 0.3) is 0 Å². The van der Waals surface area contributed by atoms with Crippen molar-refractivity contribution >= 4 is 11.6 Å². The van der Waals surface area contributed by atoms with E-state index in [4.69, 9.17) is 16.3 Å². The van der Waals surface area contributed by atoms with E-state index < -0.39 is 0 Å². The molecule has 0 unspecified atom stereocenters. The lowest BCUT2D eigenvalue weighted by molar-refractivity contribution is 0.407. The zero-order chi connectivity index (χ0) is 14.5. The zero-order valence-electron chi connectivity index (χ0n) is 12.1. The maximum absolute atomic E-state index is 6.33. The summed E-state index contributed by atoms with van der Waals surface area (Å²) in [6.45, 7) is 5.01. The third-order valence-electron chi connectivity index (χ3n) is 3.20. The molecule has 106 valence electrons. The Morgan fingerprint density at radius 1 is 1.05 bits per heavy atom. The average molecular weight is 290 g/mol. The summed E-state index contributed by atoms with van der Waals surface area (Å²) >= 11 is 6.33. The standard InChI is InChI=1S/C17H20ClNO/c1-12(2)19-11-15-13(8-6-10-17(15)20-3)14-7-4-5-9-16(14)18/h4-10,12,19H,11H2,1-3H3. The molecule has 3 heteroatoms. The van der Waals surface area contributed by atoms with Crippen molar-refractivity contribution in [2.75, 3.05) is 7.11 Å². The van der Waals surface area contributed by atoms with Gasteiger partial charge in [-0.3, -0.25) is 0 Å². The van der Waals surface area contributed by atoms with E-state index in [0.717, 1.165) is 34.0 Å². The van der Waals surface area contributed by atoms with Gasteiger partial charge in [0.05, 0.1) is 7.11 Å². The summed E-state index contributed by atoms with van der Waals surface area (Å²) in [4.78, 5) is 0. The molecule has 2 aromatic carbocycles. The number of nitrogens with one attached hydrogen (secondary N) is 1. The molecule has 0 spiro atoms. The summed E-state index contributed by atoms with van der Waals surface area (Å²) < 4.78 is 5.50. The largest absolute Gasteiger partial charge is 0.496 e. The molecular formula is C17H20ClNO. The molecule has 0 heterocycles. The fraction of sp³-hybridized carbons (Fsp3) is 0.294. The molecule has 20 heavy (non-hydrogen) atoms. The minimum absolute atomic E-state index is 0.416. The van der Waals surface area contributed by atoms with Crippen molar-refractivity contribution in [3.63, 3.8) is 0 Å².